The molecule has 0 radical (unpaired) electrons. The summed E-state index contributed by atoms with van der Waals surface area (Å²) in [5.41, 5.74) is 5.39. The molecule has 0 bridgehead atoms. The van der Waals surface area contributed by atoms with Crippen LogP contribution in [-0.4, -0.2) is 28.9 Å². The van der Waals surface area contributed by atoms with Gasteiger partial charge in [-0.3, -0.25) is 0 Å². The standard InChI is InChI=1S/C19H33NO2.ClH/c1-2-3-4-5-6-7-8-17-9-11-18(12-10-17)13-14-19(20,15-21)16-22;/h9-12,21-22H,2-8,13-16,20H2,1H3;1H/i15D2,16D2;. The largest absolute Gasteiger partial charge is 0.394 e. The molecule has 134 valence electrons. The Labute approximate surface area is 153 Å². The van der Waals surface area contributed by atoms with Crippen LogP contribution < -0.4 is 5.73 Å². The van der Waals surface area contributed by atoms with Crippen LogP contribution in [-0.2, 0) is 12.8 Å². The van der Waals surface area contributed by atoms with Gasteiger partial charge in [0.1, 0.15) is 0 Å². The third-order valence-corrected chi connectivity index (χ3v) is 4.05. The summed E-state index contributed by atoms with van der Waals surface area (Å²) in [6, 6.07) is 7.85. The van der Waals surface area contributed by atoms with Gasteiger partial charge >= 0.3 is 0 Å². The molecule has 1 rings (SSSR count). The summed E-state index contributed by atoms with van der Waals surface area (Å²) in [4.78, 5) is 0. The number of hydrogen-bond acceptors (Lipinski definition) is 3. The van der Waals surface area contributed by atoms with Gasteiger partial charge in [0.15, 0.2) is 0 Å². The first kappa shape index (κ1) is 15.9. The van der Waals surface area contributed by atoms with E-state index in [1.165, 1.54) is 37.7 Å². The Hall–Kier alpha value is -0.610. The molecule has 3 nitrogen and oxygen atoms in total. The minimum absolute atomic E-state index is 0. The maximum atomic E-state index is 9.58. The first-order valence-electron chi connectivity index (χ1n) is 10.3. The second-order valence-electron chi connectivity index (χ2n) is 6.03. The normalized spacial score (nSPS) is 15.1. The van der Waals surface area contributed by atoms with E-state index in [0.717, 1.165) is 18.4 Å². The van der Waals surface area contributed by atoms with Crippen molar-refractivity contribution < 1.29 is 15.7 Å². The number of hydrogen-bond donors (Lipinski definition) is 3. The summed E-state index contributed by atoms with van der Waals surface area (Å²) < 4.78 is 29.5. The highest BCUT2D eigenvalue weighted by Gasteiger charge is 2.22. The maximum Gasteiger partial charge on any atom is 0.0633 e. The Morgan fingerprint density at radius 2 is 1.39 bits per heavy atom. The van der Waals surface area contributed by atoms with Gasteiger partial charge < -0.3 is 15.9 Å². The van der Waals surface area contributed by atoms with Gasteiger partial charge in [0.05, 0.1) is 24.1 Å². The van der Waals surface area contributed by atoms with Gasteiger partial charge in [-0.15, -0.1) is 12.4 Å². The number of halogens is 1. The SMILES string of the molecule is Cl.[2H]C([2H])(O)C(N)(CCc1ccc(CCCCCCCC)cc1)C([2H])([2H])O. The number of rotatable bonds is 12. The molecule has 1 aromatic rings. The average Bonchev–Trinajstić information content (AvgIpc) is 2.54. The number of benzene rings is 1. The van der Waals surface area contributed by atoms with Crippen molar-refractivity contribution in [1.82, 2.24) is 0 Å². The molecule has 0 amide bonds. The smallest absolute Gasteiger partial charge is 0.0633 e. The molecule has 4 N–H and O–H groups in total. The molecule has 0 saturated carbocycles. The van der Waals surface area contributed by atoms with E-state index in [1.54, 1.807) is 0 Å². The Kier molecular flexibility index (Phi) is 8.82. The van der Waals surface area contributed by atoms with E-state index in [9.17, 15) is 10.2 Å². The zero-order valence-corrected chi connectivity index (χ0v) is 14.9. The molecule has 23 heavy (non-hydrogen) atoms. The Bertz CT molecular complexity index is 516. The van der Waals surface area contributed by atoms with Gasteiger partial charge in [0.2, 0.25) is 0 Å². The van der Waals surface area contributed by atoms with Gasteiger partial charge in [0.25, 0.3) is 0 Å². The van der Waals surface area contributed by atoms with Crippen molar-refractivity contribution in [1.29, 1.82) is 0 Å². The minimum atomic E-state index is -3.04. The van der Waals surface area contributed by atoms with Crippen LogP contribution in [0.5, 0.6) is 0 Å². The van der Waals surface area contributed by atoms with Crippen LogP contribution in [0.15, 0.2) is 24.3 Å². The van der Waals surface area contributed by atoms with E-state index in [0.29, 0.717) is 0 Å². The molecule has 0 atom stereocenters. The molecule has 0 spiro atoms. The second-order valence-corrected chi connectivity index (χ2v) is 6.03. The fourth-order valence-corrected chi connectivity index (χ4v) is 2.46. The molecule has 1 aromatic carbocycles. The average molecular weight is 348 g/mol. The molecular weight excluding hydrogens is 310 g/mol. The van der Waals surface area contributed by atoms with Gasteiger partial charge in [-0.25, -0.2) is 0 Å². The third kappa shape index (κ3) is 9.31. The predicted octanol–water partition coefficient (Wildman–Crippen LogP) is 3.63. The summed E-state index contributed by atoms with van der Waals surface area (Å²) in [6.45, 7) is -3.87. The lowest BCUT2D eigenvalue weighted by atomic mass is 9.93. The van der Waals surface area contributed by atoms with E-state index in [2.05, 4.69) is 6.92 Å². The summed E-state index contributed by atoms with van der Waals surface area (Å²) in [5.74, 6) is 0. The van der Waals surface area contributed by atoms with E-state index in [1.807, 2.05) is 24.3 Å². The molecule has 0 heterocycles. The highest BCUT2D eigenvalue weighted by Crippen LogP contribution is 2.14. The van der Waals surface area contributed by atoms with Crippen LogP contribution in [0.3, 0.4) is 0 Å². The lowest BCUT2D eigenvalue weighted by Crippen LogP contribution is -2.47. The number of aliphatic hydroxyl groups is 2. The van der Waals surface area contributed by atoms with Crippen molar-refractivity contribution in [2.45, 2.75) is 70.3 Å². The topological polar surface area (TPSA) is 66.5 Å². The molecule has 0 unspecified atom stereocenters. The summed E-state index contributed by atoms with van der Waals surface area (Å²) in [7, 11) is 0. The molecule has 0 fully saturated rings. The van der Waals surface area contributed by atoms with Crippen LogP contribution in [0.25, 0.3) is 0 Å². The number of nitrogens with two attached hydrogens (primary N) is 1. The number of unbranched alkanes of at least 4 members (excludes halogenated alkanes) is 5. The fourth-order valence-electron chi connectivity index (χ4n) is 2.46. The summed E-state index contributed by atoms with van der Waals surface area (Å²) >= 11 is 0. The van der Waals surface area contributed by atoms with Crippen molar-refractivity contribution in [2.24, 2.45) is 5.73 Å². The van der Waals surface area contributed by atoms with Crippen LogP contribution in [0.4, 0.5) is 0 Å². The van der Waals surface area contributed by atoms with Gasteiger partial charge in [-0.05, 0) is 36.8 Å². The van der Waals surface area contributed by atoms with Crippen LogP contribution in [0.2, 0.25) is 0 Å². The first-order valence-corrected chi connectivity index (χ1v) is 8.33. The monoisotopic (exact) mass is 347 g/mol. The van der Waals surface area contributed by atoms with Gasteiger partial charge in [-0.1, -0.05) is 63.3 Å². The third-order valence-electron chi connectivity index (χ3n) is 4.05. The van der Waals surface area contributed by atoms with Crippen molar-refractivity contribution >= 4 is 12.4 Å². The highest BCUT2D eigenvalue weighted by molar-refractivity contribution is 5.85. The second kappa shape index (κ2) is 12.8. The summed E-state index contributed by atoms with van der Waals surface area (Å²) in [6.07, 6.45) is 8.56. The highest BCUT2D eigenvalue weighted by atomic mass is 35.5. The Morgan fingerprint density at radius 1 is 0.913 bits per heavy atom. The zero-order chi connectivity index (χ0) is 19.8. The number of aryl methyl sites for hydroxylation is 2. The molecular formula is C19H34ClNO2. The molecule has 0 aliphatic carbocycles. The van der Waals surface area contributed by atoms with Gasteiger partial charge in [-0.2, -0.15) is 0 Å². The molecule has 0 saturated heterocycles. The summed E-state index contributed by atoms with van der Waals surface area (Å²) in [5, 5.41) is 19.2. The minimum Gasteiger partial charge on any atom is -0.394 e. The molecule has 0 aliphatic rings. The Balaban J connectivity index is 0.00000676. The Morgan fingerprint density at radius 3 is 1.91 bits per heavy atom. The molecule has 0 aromatic heterocycles. The lowest BCUT2D eigenvalue weighted by Gasteiger charge is -2.24. The van der Waals surface area contributed by atoms with Crippen LogP contribution in [0, 0.1) is 0 Å². The van der Waals surface area contributed by atoms with E-state index < -0.39 is 18.7 Å². The first-order chi connectivity index (χ1) is 12.0. The quantitative estimate of drug-likeness (QED) is 0.506. The molecule has 0 aliphatic heterocycles. The zero-order valence-electron chi connectivity index (χ0n) is 18.1. The fraction of sp³-hybridized carbons (Fsp3) is 0.684. The lowest BCUT2D eigenvalue weighted by molar-refractivity contribution is 0.115. The van der Waals surface area contributed by atoms with Crippen LogP contribution in [0.1, 0.15) is 68.5 Å². The maximum absolute atomic E-state index is 9.58. The molecule has 4 heteroatoms. The van der Waals surface area contributed by atoms with Crippen LogP contribution >= 0.6 is 12.4 Å². The van der Waals surface area contributed by atoms with Crippen molar-refractivity contribution in [3.63, 3.8) is 0 Å². The van der Waals surface area contributed by atoms with Crippen molar-refractivity contribution in [3.05, 3.63) is 35.4 Å². The van der Waals surface area contributed by atoms with E-state index >= 15 is 0 Å². The van der Waals surface area contributed by atoms with E-state index in [-0.39, 0.29) is 25.2 Å². The van der Waals surface area contributed by atoms with Gasteiger partial charge in [0, 0.05) is 0 Å². The van der Waals surface area contributed by atoms with Crippen molar-refractivity contribution in [3.8, 4) is 0 Å². The van der Waals surface area contributed by atoms with E-state index in [4.69, 9.17) is 11.2 Å². The predicted molar refractivity (Wildman–Crippen MR) is 100 cm³/mol. The van der Waals surface area contributed by atoms with Crippen molar-refractivity contribution in [2.75, 3.05) is 13.1 Å².